The molecule has 4 nitrogen and oxygen atoms in total. The number of carbonyl (C=O) groups excluding carboxylic acids is 1. The number of anilines is 1. The average Bonchev–Trinajstić information content (AvgIpc) is 2.83. The maximum Gasteiger partial charge on any atom is 0.241 e. The van der Waals surface area contributed by atoms with Crippen molar-refractivity contribution in [1.82, 2.24) is 5.32 Å². The zero-order valence-electron chi connectivity index (χ0n) is 9.63. The summed E-state index contributed by atoms with van der Waals surface area (Å²) in [6.07, 6.45) is 1.90. The first-order valence-corrected chi connectivity index (χ1v) is 5.96. The number of halogens is 1. The third-order valence-electron chi connectivity index (χ3n) is 2.80. The minimum atomic E-state index is -0.112. The van der Waals surface area contributed by atoms with Crippen molar-refractivity contribution in [3.63, 3.8) is 0 Å². The Balaban J connectivity index is 2.11. The molecule has 5 heteroatoms. The van der Waals surface area contributed by atoms with Crippen LogP contribution >= 0.6 is 11.6 Å². The number of hydrogen-bond acceptors (Lipinski definition) is 3. The Morgan fingerprint density at radius 2 is 2.41 bits per heavy atom. The van der Waals surface area contributed by atoms with Crippen LogP contribution in [0.4, 0.5) is 5.69 Å². The summed E-state index contributed by atoms with van der Waals surface area (Å²) in [6.45, 7) is 0.894. The number of hydrogen-bond donors (Lipinski definition) is 2. The molecule has 1 unspecified atom stereocenters. The summed E-state index contributed by atoms with van der Waals surface area (Å²) in [5, 5.41) is 6.55. The Morgan fingerprint density at radius 1 is 1.59 bits per heavy atom. The highest BCUT2D eigenvalue weighted by Crippen LogP contribution is 2.28. The summed E-state index contributed by atoms with van der Waals surface area (Å²) in [5.41, 5.74) is 0.610. The molecule has 0 saturated carbocycles. The van der Waals surface area contributed by atoms with Crippen molar-refractivity contribution in [1.29, 1.82) is 0 Å². The maximum atomic E-state index is 11.9. The van der Waals surface area contributed by atoms with Gasteiger partial charge in [0.1, 0.15) is 5.75 Å². The van der Waals surface area contributed by atoms with E-state index in [0.717, 1.165) is 19.4 Å². The molecule has 0 spiro atoms. The molecule has 1 aromatic rings. The van der Waals surface area contributed by atoms with Gasteiger partial charge in [-0.1, -0.05) is 11.6 Å². The second-order valence-corrected chi connectivity index (χ2v) is 4.42. The Labute approximate surface area is 105 Å². The standard InChI is InChI=1S/C12H15ClN2O2/c1-17-11-5-4-8(13)7-10(11)15-12(16)9-3-2-6-14-9/h4-5,7,9,14H,2-3,6H2,1H3,(H,15,16). The highest BCUT2D eigenvalue weighted by molar-refractivity contribution is 6.31. The van der Waals surface area contributed by atoms with E-state index in [4.69, 9.17) is 16.3 Å². The molecule has 1 aromatic carbocycles. The summed E-state index contributed by atoms with van der Waals surface area (Å²) in [4.78, 5) is 11.9. The molecule has 1 aliphatic heterocycles. The van der Waals surface area contributed by atoms with E-state index >= 15 is 0 Å². The lowest BCUT2D eigenvalue weighted by molar-refractivity contribution is -0.117. The smallest absolute Gasteiger partial charge is 0.241 e. The fourth-order valence-electron chi connectivity index (χ4n) is 1.91. The number of ether oxygens (including phenoxy) is 1. The second kappa shape index (κ2) is 5.38. The minimum Gasteiger partial charge on any atom is -0.495 e. The topological polar surface area (TPSA) is 50.4 Å². The Hall–Kier alpha value is -1.26. The lowest BCUT2D eigenvalue weighted by Crippen LogP contribution is -2.35. The van der Waals surface area contributed by atoms with E-state index < -0.39 is 0 Å². The highest BCUT2D eigenvalue weighted by atomic mass is 35.5. The molecule has 1 saturated heterocycles. The van der Waals surface area contributed by atoms with E-state index in [2.05, 4.69) is 10.6 Å². The Kier molecular flexibility index (Phi) is 3.86. The summed E-state index contributed by atoms with van der Waals surface area (Å²) in [7, 11) is 1.56. The molecule has 2 N–H and O–H groups in total. The van der Waals surface area contributed by atoms with E-state index in [0.29, 0.717) is 16.5 Å². The molecule has 1 atom stereocenters. The fraction of sp³-hybridized carbons (Fsp3) is 0.417. The molecule has 1 aliphatic rings. The summed E-state index contributed by atoms with van der Waals surface area (Å²) >= 11 is 5.89. The van der Waals surface area contributed by atoms with Crippen molar-refractivity contribution in [3.05, 3.63) is 23.2 Å². The van der Waals surface area contributed by atoms with Crippen molar-refractivity contribution in [2.75, 3.05) is 19.0 Å². The van der Waals surface area contributed by atoms with Gasteiger partial charge < -0.3 is 15.4 Å². The number of amides is 1. The van der Waals surface area contributed by atoms with Gasteiger partial charge in [-0.2, -0.15) is 0 Å². The molecule has 1 amide bonds. The largest absolute Gasteiger partial charge is 0.495 e. The maximum absolute atomic E-state index is 11.9. The van der Waals surface area contributed by atoms with E-state index in [-0.39, 0.29) is 11.9 Å². The predicted molar refractivity (Wildman–Crippen MR) is 67.7 cm³/mol. The van der Waals surface area contributed by atoms with Gasteiger partial charge in [0.15, 0.2) is 0 Å². The molecule has 2 rings (SSSR count). The van der Waals surface area contributed by atoms with Crippen LogP contribution in [0.5, 0.6) is 5.75 Å². The van der Waals surface area contributed by atoms with Gasteiger partial charge in [-0.3, -0.25) is 4.79 Å². The molecular weight excluding hydrogens is 240 g/mol. The van der Waals surface area contributed by atoms with Crippen LogP contribution < -0.4 is 15.4 Å². The number of nitrogens with one attached hydrogen (secondary N) is 2. The molecule has 17 heavy (non-hydrogen) atoms. The van der Waals surface area contributed by atoms with Gasteiger partial charge in [0.25, 0.3) is 0 Å². The lowest BCUT2D eigenvalue weighted by atomic mass is 10.2. The van der Waals surface area contributed by atoms with Crippen LogP contribution in [-0.4, -0.2) is 25.6 Å². The van der Waals surface area contributed by atoms with Gasteiger partial charge in [-0.15, -0.1) is 0 Å². The van der Waals surface area contributed by atoms with Crippen LogP contribution in [-0.2, 0) is 4.79 Å². The Bertz CT molecular complexity index is 417. The quantitative estimate of drug-likeness (QED) is 0.868. The van der Waals surface area contributed by atoms with Gasteiger partial charge in [-0.25, -0.2) is 0 Å². The van der Waals surface area contributed by atoms with Gasteiger partial charge in [0, 0.05) is 5.02 Å². The monoisotopic (exact) mass is 254 g/mol. The molecule has 1 heterocycles. The highest BCUT2D eigenvalue weighted by Gasteiger charge is 2.22. The van der Waals surface area contributed by atoms with Gasteiger partial charge in [0.05, 0.1) is 18.8 Å². The van der Waals surface area contributed by atoms with E-state index in [1.807, 2.05) is 0 Å². The van der Waals surface area contributed by atoms with Crippen LogP contribution in [0.3, 0.4) is 0 Å². The van der Waals surface area contributed by atoms with E-state index in [1.54, 1.807) is 25.3 Å². The molecular formula is C12H15ClN2O2. The summed E-state index contributed by atoms with van der Waals surface area (Å²) in [6, 6.07) is 5.04. The van der Waals surface area contributed by atoms with E-state index in [1.165, 1.54) is 0 Å². The molecule has 0 radical (unpaired) electrons. The number of methoxy groups -OCH3 is 1. The summed E-state index contributed by atoms with van der Waals surface area (Å²) < 4.78 is 5.17. The van der Waals surface area contributed by atoms with Crippen LogP contribution in [0, 0.1) is 0 Å². The van der Waals surface area contributed by atoms with Gasteiger partial charge >= 0.3 is 0 Å². The second-order valence-electron chi connectivity index (χ2n) is 3.98. The zero-order valence-corrected chi connectivity index (χ0v) is 10.4. The molecule has 0 aliphatic carbocycles. The van der Waals surface area contributed by atoms with Gasteiger partial charge in [0.2, 0.25) is 5.91 Å². The van der Waals surface area contributed by atoms with Crippen molar-refractivity contribution >= 4 is 23.2 Å². The van der Waals surface area contributed by atoms with Crippen LogP contribution in [0.2, 0.25) is 5.02 Å². The van der Waals surface area contributed by atoms with Crippen molar-refractivity contribution in [2.24, 2.45) is 0 Å². The number of rotatable bonds is 3. The number of carbonyl (C=O) groups is 1. The average molecular weight is 255 g/mol. The van der Waals surface area contributed by atoms with Crippen molar-refractivity contribution in [2.45, 2.75) is 18.9 Å². The fourth-order valence-corrected chi connectivity index (χ4v) is 2.08. The molecule has 92 valence electrons. The van der Waals surface area contributed by atoms with Crippen LogP contribution in [0.15, 0.2) is 18.2 Å². The van der Waals surface area contributed by atoms with E-state index in [9.17, 15) is 4.79 Å². The summed E-state index contributed by atoms with van der Waals surface area (Å²) in [5.74, 6) is 0.573. The van der Waals surface area contributed by atoms with Crippen LogP contribution in [0.25, 0.3) is 0 Å². The molecule has 1 fully saturated rings. The first-order chi connectivity index (χ1) is 8.20. The SMILES string of the molecule is COc1ccc(Cl)cc1NC(=O)C1CCCN1. The first-order valence-electron chi connectivity index (χ1n) is 5.58. The lowest BCUT2D eigenvalue weighted by Gasteiger charge is -2.13. The third-order valence-corrected chi connectivity index (χ3v) is 3.03. The zero-order chi connectivity index (χ0) is 12.3. The van der Waals surface area contributed by atoms with Crippen molar-refractivity contribution < 1.29 is 9.53 Å². The predicted octanol–water partition coefficient (Wildman–Crippen LogP) is 2.04. The number of benzene rings is 1. The Morgan fingerprint density at radius 3 is 3.06 bits per heavy atom. The van der Waals surface area contributed by atoms with Crippen molar-refractivity contribution in [3.8, 4) is 5.75 Å². The normalized spacial score (nSPS) is 19.1. The molecule has 0 bridgehead atoms. The van der Waals surface area contributed by atoms with Gasteiger partial charge in [-0.05, 0) is 37.6 Å². The minimum absolute atomic E-state index is 0.0388. The first kappa shape index (κ1) is 12.2. The third kappa shape index (κ3) is 2.90. The van der Waals surface area contributed by atoms with Crippen LogP contribution in [0.1, 0.15) is 12.8 Å². The molecule has 0 aromatic heterocycles.